The molecule has 0 radical (unpaired) electrons. The lowest BCUT2D eigenvalue weighted by Gasteiger charge is -2.38. The fourth-order valence-electron chi connectivity index (χ4n) is 4.39. The number of nitrogens with two attached hydrogens (primary N) is 1. The Hall–Kier alpha value is -3.53. The number of anilines is 2. The molecule has 0 saturated heterocycles. The van der Waals surface area contributed by atoms with Crippen LogP contribution in [0.3, 0.4) is 0 Å². The maximum absolute atomic E-state index is 13.2. The van der Waals surface area contributed by atoms with Gasteiger partial charge in [-0.25, -0.2) is 4.98 Å². The maximum Gasteiger partial charge on any atom is 0.235 e. The summed E-state index contributed by atoms with van der Waals surface area (Å²) in [5, 5.41) is 21.8. The minimum Gasteiger partial charge on any atom is -0.384 e. The van der Waals surface area contributed by atoms with Gasteiger partial charge in [0.05, 0.1) is 23.3 Å². The molecule has 1 aliphatic carbocycles. The number of rotatable bonds is 6. The number of carbonyl (C=O) groups is 2. The van der Waals surface area contributed by atoms with Gasteiger partial charge in [-0.05, 0) is 46.5 Å². The molecule has 9 nitrogen and oxygen atoms in total. The number of pyridine rings is 1. The Morgan fingerprint density at radius 2 is 2.05 bits per heavy atom. The van der Waals surface area contributed by atoms with Crippen molar-refractivity contribution >= 4 is 61.7 Å². The van der Waals surface area contributed by atoms with Gasteiger partial charge in [-0.1, -0.05) is 53.4 Å². The Labute approximate surface area is 229 Å². The summed E-state index contributed by atoms with van der Waals surface area (Å²) >= 11 is 5.80. The summed E-state index contributed by atoms with van der Waals surface area (Å²) in [4.78, 5) is 31.4. The number of nitriles is 1. The number of Topliss-reactive ketones (excluding diaryl/α,β-unsaturated/α-hetero) is 1. The van der Waals surface area contributed by atoms with Gasteiger partial charge in [-0.2, -0.15) is 5.26 Å². The van der Waals surface area contributed by atoms with E-state index in [9.17, 15) is 14.9 Å². The highest BCUT2D eigenvalue weighted by atomic mass is 79.9. The van der Waals surface area contributed by atoms with Crippen LogP contribution in [0, 0.1) is 11.3 Å². The van der Waals surface area contributed by atoms with Gasteiger partial charge in [-0.15, -0.1) is 10.2 Å². The van der Waals surface area contributed by atoms with Crippen LogP contribution in [0.1, 0.15) is 30.7 Å². The topological polar surface area (TPSA) is 138 Å². The Balaban J connectivity index is 1.40. The van der Waals surface area contributed by atoms with E-state index in [1.54, 1.807) is 23.2 Å². The summed E-state index contributed by atoms with van der Waals surface area (Å²) in [5.74, 6) is 0.0896. The van der Waals surface area contributed by atoms with Gasteiger partial charge in [0.15, 0.2) is 10.1 Å². The second-order valence-corrected chi connectivity index (χ2v) is 11.4. The molecule has 3 N–H and O–H groups in total. The van der Waals surface area contributed by atoms with Crippen LogP contribution in [-0.2, 0) is 9.59 Å². The minimum atomic E-state index is -0.511. The van der Waals surface area contributed by atoms with Crippen LogP contribution in [0.4, 0.5) is 10.9 Å². The Morgan fingerprint density at radius 3 is 2.78 bits per heavy atom. The smallest absolute Gasteiger partial charge is 0.235 e. The number of carbonyl (C=O) groups excluding carboxylic acids is 2. The zero-order valence-corrected chi connectivity index (χ0v) is 22.6. The molecule has 1 aromatic carbocycles. The molecule has 0 fully saturated rings. The quantitative estimate of drug-likeness (QED) is 0.388. The van der Waals surface area contributed by atoms with E-state index in [0.717, 1.165) is 15.7 Å². The summed E-state index contributed by atoms with van der Waals surface area (Å²) in [7, 11) is 0. The van der Waals surface area contributed by atoms with E-state index in [-0.39, 0.29) is 23.3 Å². The molecule has 5 rings (SSSR count). The number of hydrogen-bond donors (Lipinski definition) is 2. The van der Waals surface area contributed by atoms with Crippen molar-refractivity contribution in [2.75, 3.05) is 16.0 Å². The van der Waals surface area contributed by atoms with Crippen molar-refractivity contribution in [3.8, 4) is 6.07 Å². The molecule has 1 amide bonds. The molecule has 1 unspecified atom stereocenters. The highest BCUT2D eigenvalue weighted by Gasteiger charge is 2.41. The maximum atomic E-state index is 13.2. The second-order valence-electron chi connectivity index (χ2n) is 8.28. The Kier molecular flexibility index (Phi) is 7.36. The zero-order chi connectivity index (χ0) is 25.9. The molecular formula is C25H20BrN7O2S2. The third kappa shape index (κ3) is 5.16. The van der Waals surface area contributed by atoms with Gasteiger partial charge in [0.1, 0.15) is 11.6 Å². The van der Waals surface area contributed by atoms with Gasteiger partial charge in [0, 0.05) is 28.4 Å². The van der Waals surface area contributed by atoms with E-state index in [0.29, 0.717) is 45.7 Å². The minimum absolute atomic E-state index is 0.0117. The van der Waals surface area contributed by atoms with Crippen molar-refractivity contribution in [2.45, 2.75) is 29.5 Å². The van der Waals surface area contributed by atoms with Crippen molar-refractivity contribution < 1.29 is 9.59 Å². The number of hydrogen-bond acceptors (Lipinski definition) is 10. The first-order chi connectivity index (χ1) is 18.0. The number of allylic oxidation sites excluding steroid dienone is 3. The number of ketones is 1. The van der Waals surface area contributed by atoms with E-state index < -0.39 is 5.92 Å². The van der Waals surface area contributed by atoms with Crippen molar-refractivity contribution in [1.29, 1.82) is 5.26 Å². The van der Waals surface area contributed by atoms with Gasteiger partial charge in [0.25, 0.3) is 0 Å². The zero-order valence-electron chi connectivity index (χ0n) is 19.3. The van der Waals surface area contributed by atoms with E-state index in [4.69, 9.17) is 5.73 Å². The summed E-state index contributed by atoms with van der Waals surface area (Å²) < 4.78 is 1.38. The molecule has 3 heterocycles. The lowest BCUT2D eigenvalue weighted by Crippen LogP contribution is -2.38. The molecule has 2 aromatic heterocycles. The number of benzene rings is 1. The lowest BCUT2D eigenvalue weighted by atomic mass is 9.76. The summed E-state index contributed by atoms with van der Waals surface area (Å²) in [6, 6.07) is 15.2. The number of nitrogens with one attached hydrogen (secondary N) is 1. The van der Waals surface area contributed by atoms with Crippen LogP contribution in [0.2, 0.25) is 0 Å². The summed E-state index contributed by atoms with van der Waals surface area (Å²) in [6.07, 6.45) is 3.35. The Bertz CT molecular complexity index is 1460. The van der Waals surface area contributed by atoms with Crippen LogP contribution < -0.4 is 16.0 Å². The van der Waals surface area contributed by atoms with E-state index in [1.807, 2.05) is 30.3 Å². The molecule has 0 spiro atoms. The average molecular weight is 595 g/mol. The van der Waals surface area contributed by atoms with Crippen LogP contribution in [0.5, 0.6) is 0 Å². The number of thioether (sulfide) groups is 1. The summed E-state index contributed by atoms with van der Waals surface area (Å²) in [5.41, 5.74) is 9.08. The molecule has 1 atom stereocenters. The van der Waals surface area contributed by atoms with Crippen molar-refractivity contribution in [3.63, 3.8) is 0 Å². The lowest BCUT2D eigenvalue weighted by molar-refractivity contribution is -0.116. The van der Waals surface area contributed by atoms with E-state index in [1.165, 1.54) is 23.1 Å². The van der Waals surface area contributed by atoms with Crippen LogP contribution >= 0.6 is 39.0 Å². The first kappa shape index (κ1) is 25.1. The molecule has 0 bridgehead atoms. The fraction of sp³-hybridized carbons (Fsp3) is 0.200. The van der Waals surface area contributed by atoms with Crippen LogP contribution in [0.15, 0.2) is 80.1 Å². The van der Waals surface area contributed by atoms with Gasteiger partial charge >= 0.3 is 0 Å². The number of nitrogens with zero attached hydrogens (tertiary/aromatic N) is 5. The first-order valence-electron chi connectivity index (χ1n) is 11.3. The van der Waals surface area contributed by atoms with E-state index >= 15 is 0 Å². The van der Waals surface area contributed by atoms with Crippen molar-refractivity contribution in [2.24, 2.45) is 5.73 Å². The molecule has 37 heavy (non-hydrogen) atoms. The van der Waals surface area contributed by atoms with E-state index in [2.05, 4.69) is 42.5 Å². The fourth-order valence-corrected chi connectivity index (χ4v) is 6.31. The molecule has 12 heteroatoms. The van der Waals surface area contributed by atoms with Crippen molar-refractivity contribution in [1.82, 2.24) is 15.2 Å². The molecule has 1 aliphatic heterocycles. The third-order valence-electron chi connectivity index (χ3n) is 5.95. The van der Waals surface area contributed by atoms with Crippen molar-refractivity contribution in [3.05, 3.63) is 81.4 Å². The summed E-state index contributed by atoms with van der Waals surface area (Å²) in [6.45, 7) is 0. The normalized spacial score (nSPS) is 17.5. The predicted octanol–water partition coefficient (Wildman–Crippen LogP) is 4.73. The van der Waals surface area contributed by atoms with Gasteiger partial charge in [-0.3, -0.25) is 14.5 Å². The third-order valence-corrected chi connectivity index (χ3v) is 8.47. The highest BCUT2D eigenvalue weighted by Crippen LogP contribution is 2.47. The molecule has 3 aromatic rings. The molecule has 2 aliphatic rings. The SMILES string of the molecule is N#CC1=C(N)N(c2nnc(SCC(=O)Nc3ccc(Br)cn3)s2)C2=C(C(=O)CCC2)C1c1ccccc1. The highest BCUT2D eigenvalue weighted by molar-refractivity contribution is 9.10. The second kappa shape index (κ2) is 10.8. The largest absolute Gasteiger partial charge is 0.384 e. The molecule has 186 valence electrons. The van der Waals surface area contributed by atoms with Crippen LogP contribution in [0.25, 0.3) is 0 Å². The monoisotopic (exact) mass is 593 g/mol. The predicted molar refractivity (Wildman–Crippen MR) is 146 cm³/mol. The first-order valence-corrected chi connectivity index (χ1v) is 13.9. The van der Waals surface area contributed by atoms with Crippen LogP contribution in [-0.4, -0.2) is 32.6 Å². The molecule has 0 saturated carbocycles. The molecular weight excluding hydrogens is 574 g/mol. The number of aromatic nitrogens is 3. The Morgan fingerprint density at radius 1 is 1.24 bits per heavy atom. The number of halogens is 1. The number of amides is 1. The van der Waals surface area contributed by atoms with Gasteiger partial charge in [0.2, 0.25) is 11.0 Å². The van der Waals surface area contributed by atoms with Gasteiger partial charge < -0.3 is 11.1 Å². The average Bonchev–Trinajstić information content (AvgIpc) is 3.37. The standard InChI is InChI=1S/C25H20BrN7O2S2/c26-15-9-10-19(29-12-15)30-20(35)13-36-25-32-31-24(37-25)33-17-7-4-8-18(34)22(17)21(16(11-27)23(33)28)14-5-2-1-3-6-14/h1-3,5-6,9-10,12,21H,4,7-8,13,28H2,(H,29,30,35).